The highest BCUT2D eigenvalue weighted by atomic mass is 35.5. The number of hydrogen-bond donors (Lipinski definition) is 2. The lowest BCUT2D eigenvalue weighted by Crippen LogP contribution is -2.28. The first-order valence-electron chi connectivity index (χ1n) is 9.15. The summed E-state index contributed by atoms with van der Waals surface area (Å²) in [6.07, 6.45) is 0.0164. The van der Waals surface area contributed by atoms with Crippen LogP contribution < -0.4 is 10.6 Å². The van der Waals surface area contributed by atoms with Crippen LogP contribution in [-0.2, 0) is 4.79 Å². The number of hydrogen-bond acceptors (Lipinski definition) is 5. The monoisotopic (exact) mass is 430 g/mol. The molecule has 0 bridgehead atoms. The van der Waals surface area contributed by atoms with Gasteiger partial charge in [-0.2, -0.15) is 9.78 Å². The van der Waals surface area contributed by atoms with Crippen LogP contribution in [0.15, 0.2) is 30.3 Å². The standard InChI is InChI=1S/C20H20ClFN6O2/c1-11-8-12(2)25-20(24-11)28-17(9-13(3)27-28)26-18(29)6-7-23-19(30)15-5-4-14(22)10-16(15)21/h4-5,8-10H,6-7H2,1-3H3,(H,23,30)(H,26,29). The van der Waals surface area contributed by atoms with Gasteiger partial charge in [-0.25, -0.2) is 14.4 Å². The number of carbonyl (C=O) groups is 2. The first kappa shape index (κ1) is 21.4. The van der Waals surface area contributed by atoms with Crippen LogP contribution in [0, 0.1) is 26.6 Å². The van der Waals surface area contributed by atoms with Crippen LogP contribution in [0.5, 0.6) is 0 Å². The van der Waals surface area contributed by atoms with E-state index in [0.717, 1.165) is 23.5 Å². The van der Waals surface area contributed by atoms with Gasteiger partial charge in [0, 0.05) is 30.4 Å². The third-order valence-electron chi connectivity index (χ3n) is 4.07. The lowest BCUT2D eigenvalue weighted by atomic mass is 10.2. The zero-order valence-electron chi connectivity index (χ0n) is 16.7. The van der Waals surface area contributed by atoms with Gasteiger partial charge < -0.3 is 10.6 Å². The van der Waals surface area contributed by atoms with Crippen molar-refractivity contribution in [2.75, 3.05) is 11.9 Å². The van der Waals surface area contributed by atoms with Crippen molar-refractivity contribution in [1.29, 1.82) is 0 Å². The van der Waals surface area contributed by atoms with Gasteiger partial charge in [0.25, 0.3) is 11.9 Å². The van der Waals surface area contributed by atoms with Gasteiger partial charge in [0.05, 0.1) is 16.3 Å². The molecule has 0 unspecified atom stereocenters. The molecule has 2 amide bonds. The van der Waals surface area contributed by atoms with E-state index in [0.29, 0.717) is 17.5 Å². The second-order valence-corrected chi connectivity index (χ2v) is 7.12. The van der Waals surface area contributed by atoms with Crippen molar-refractivity contribution in [1.82, 2.24) is 25.1 Å². The van der Waals surface area contributed by atoms with E-state index < -0.39 is 11.7 Å². The summed E-state index contributed by atoms with van der Waals surface area (Å²) >= 11 is 5.87. The fraction of sp³-hybridized carbons (Fsp3) is 0.250. The predicted octanol–water partition coefficient (Wildman–Crippen LogP) is 3.14. The molecule has 30 heavy (non-hydrogen) atoms. The molecule has 0 aliphatic rings. The number of amides is 2. The number of anilines is 1. The van der Waals surface area contributed by atoms with Gasteiger partial charge in [-0.3, -0.25) is 9.59 Å². The molecular weight excluding hydrogens is 411 g/mol. The van der Waals surface area contributed by atoms with Gasteiger partial charge in [-0.15, -0.1) is 0 Å². The molecule has 0 saturated heterocycles. The Morgan fingerprint density at radius 1 is 1.07 bits per heavy atom. The van der Waals surface area contributed by atoms with E-state index in [1.165, 1.54) is 10.7 Å². The van der Waals surface area contributed by atoms with Crippen LogP contribution in [0.4, 0.5) is 10.2 Å². The summed E-state index contributed by atoms with van der Waals surface area (Å²) in [6.45, 7) is 5.57. The molecule has 0 aliphatic heterocycles. The smallest absolute Gasteiger partial charge is 0.252 e. The molecule has 3 rings (SSSR count). The molecule has 0 spiro atoms. The van der Waals surface area contributed by atoms with Gasteiger partial charge >= 0.3 is 0 Å². The Kier molecular flexibility index (Phi) is 6.41. The predicted molar refractivity (Wildman–Crippen MR) is 110 cm³/mol. The number of nitrogens with zero attached hydrogens (tertiary/aromatic N) is 4. The number of halogens is 2. The molecular formula is C20H20ClFN6O2. The first-order valence-corrected chi connectivity index (χ1v) is 9.53. The minimum Gasteiger partial charge on any atom is -0.351 e. The Morgan fingerprint density at radius 3 is 2.43 bits per heavy atom. The molecule has 2 N–H and O–H groups in total. The third kappa shape index (κ3) is 5.18. The average molecular weight is 431 g/mol. The van der Waals surface area contributed by atoms with E-state index in [2.05, 4.69) is 25.7 Å². The Hall–Kier alpha value is -3.33. The van der Waals surface area contributed by atoms with Crippen LogP contribution in [0.2, 0.25) is 5.02 Å². The maximum atomic E-state index is 13.1. The maximum Gasteiger partial charge on any atom is 0.252 e. The van der Waals surface area contributed by atoms with Crippen molar-refractivity contribution < 1.29 is 14.0 Å². The summed E-state index contributed by atoms with van der Waals surface area (Å²) in [5.41, 5.74) is 2.39. The lowest BCUT2D eigenvalue weighted by molar-refractivity contribution is -0.116. The second-order valence-electron chi connectivity index (χ2n) is 6.71. The van der Waals surface area contributed by atoms with Crippen molar-refractivity contribution in [3.63, 3.8) is 0 Å². The van der Waals surface area contributed by atoms with Crippen LogP contribution in [0.1, 0.15) is 33.9 Å². The largest absolute Gasteiger partial charge is 0.351 e. The zero-order valence-corrected chi connectivity index (χ0v) is 17.4. The van der Waals surface area contributed by atoms with Crippen LogP contribution >= 0.6 is 11.6 Å². The van der Waals surface area contributed by atoms with Crippen molar-refractivity contribution in [2.45, 2.75) is 27.2 Å². The normalized spacial score (nSPS) is 10.7. The molecule has 0 saturated carbocycles. The summed E-state index contributed by atoms with van der Waals surface area (Å²) in [5.74, 6) is -0.565. The lowest BCUT2D eigenvalue weighted by Gasteiger charge is -2.10. The molecule has 0 fully saturated rings. The highest BCUT2D eigenvalue weighted by molar-refractivity contribution is 6.33. The Bertz CT molecular complexity index is 1090. The highest BCUT2D eigenvalue weighted by Crippen LogP contribution is 2.17. The van der Waals surface area contributed by atoms with E-state index in [1.54, 1.807) is 13.0 Å². The van der Waals surface area contributed by atoms with Crippen LogP contribution in [0.3, 0.4) is 0 Å². The molecule has 0 aliphatic carbocycles. The van der Waals surface area contributed by atoms with Gasteiger partial charge in [0.1, 0.15) is 11.6 Å². The van der Waals surface area contributed by atoms with Gasteiger partial charge in [0.15, 0.2) is 0 Å². The number of nitrogens with one attached hydrogen (secondary N) is 2. The Morgan fingerprint density at radius 2 is 1.77 bits per heavy atom. The van der Waals surface area contributed by atoms with Gasteiger partial charge in [0.2, 0.25) is 5.91 Å². The molecule has 2 aromatic heterocycles. The molecule has 3 aromatic rings. The molecule has 2 heterocycles. The number of aryl methyl sites for hydroxylation is 3. The van der Waals surface area contributed by atoms with Crippen LogP contribution in [-0.4, -0.2) is 38.1 Å². The number of aromatic nitrogens is 4. The van der Waals surface area contributed by atoms with Crippen molar-refractivity contribution in [3.8, 4) is 5.95 Å². The van der Waals surface area contributed by atoms with Crippen LogP contribution in [0.25, 0.3) is 5.95 Å². The fourth-order valence-corrected chi connectivity index (χ4v) is 3.06. The number of benzene rings is 1. The van der Waals surface area contributed by atoms with Gasteiger partial charge in [-0.05, 0) is 45.0 Å². The van der Waals surface area contributed by atoms with E-state index in [9.17, 15) is 14.0 Å². The topological polar surface area (TPSA) is 102 Å². The molecule has 0 radical (unpaired) electrons. The number of rotatable bonds is 6. The third-order valence-corrected chi connectivity index (χ3v) is 4.39. The molecule has 1 aromatic carbocycles. The van der Waals surface area contributed by atoms with E-state index >= 15 is 0 Å². The SMILES string of the molecule is Cc1cc(C)nc(-n2nc(C)cc2NC(=O)CCNC(=O)c2ccc(F)cc2Cl)n1. The van der Waals surface area contributed by atoms with Crippen molar-refractivity contribution >= 4 is 29.2 Å². The van der Waals surface area contributed by atoms with Crippen molar-refractivity contribution in [2.24, 2.45) is 0 Å². The average Bonchev–Trinajstić information content (AvgIpc) is 3.01. The minimum atomic E-state index is -0.532. The summed E-state index contributed by atoms with van der Waals surface area (Å²) in [4.78, 5) is 33.2. The summed E-state index contributed by atoms with van der Waals surface area (Å²) in [6, 6.07) is 7.04. The molecule has 0 atom stereocenters. The van der Waals surface area contributed by atoms with Crippen molar-refractivity contribution in [3.05, 3.63) is 63.8 Å². The highest BCUT2D eigenvalue weighted by Gasteiger charge is 2.15. The molecule has 156 valence electrons. The quantitative estimate of drug-likeness (QED) is 0.625. The second kappa shape index (κ2) is 9.00. The van der Waals surface area contributed by atoms with E-state index in [4.69, 9.17) is 11.6 Å². The van der Waals surface area contributed by atoms with E-state index in [1.807, 2.05) is 19.9 Å². The summed E-state index contributed by atoms with van der Waals surface area (Å²) in [7, 11) is 0. The molecule has 8 nitrogen and oxygen atoms in total. The summed E-state index contributed by atoms with van der Waals surface area (Å²) in [5, 5.41) is 9.69. The maximum absolute atomic E-state index is 13.1. The van der Waals surface area contributed by atoms with Gasteiger partial charge in [-0.1, -0.05) is 11.6 Å². The summed E-state index contributed by atoms with van der Waals surface area (Å²) < 4.78 is 14.6. The first-order chi connectivity index (χ1) is 14.2. The Balaban J connectivity index is 1.62. The Labute approximate surface area is 177 Å². The number of carbonyl (C=O) groups excluding carboxylic acids is 2. The fourth-order valence-electron chi connectivity index (χ4n) is 2.81. The van der Waals surface area contributed by atoms with E-state index in [-0.39, 0.29) is 29.5 Å². The minimum absolute atomic E-state index is 0.00442. The molecule has 10 heteroatoms. The zero-order chi connectivity index (χ0) is 21.8.